The Bertz CT molecular complexity index is 267. The number of ether oxygens (including phenoxy) is 3. The van der Waals surface area contributed by atoms with Gasteiger partial charge in [0.05, 0.1) is 12.4 Å². The molecule has 0 spiro atoms. The van der Waals surface area contributed by atoms with Gasteiger partial charge in [0, 0.05) is 18.9 Å². The van der Waals surface area contributed by atoms with Gasteiger partial charge in [-0.25, -0.2) is 0 Å². The molecule has 0 bridgehead atoms. The van der Waals surface area contributed by atoms with Crippen LogP contribution in [0.5, 0.6) is 0 Å². The summed E-state index contributed by atoms with van der Waals surface area (Å²) < 4.78 is 15.5. The highest BCUT2D eigenvalue weighted by Crippen LogP contribution is 2.33. The summed E-state index contributed by atoms with van der Waals surface area (Å²) >= 11 is 0. The fourth-order valence-corrected chi connectivity index (χ4v) is 2.31. The first-order valence-corrected chi connectivity index (χ1v) is 6.54. The van der Waals surface area contributed by atoms with Gasteiger partial charge in [-0.2, -0.15) is 0 Å². The zero-order chi connectivity index (χ0) is 13.4. The maximum atomic E-state index is 11.3. The molecule has 0 unspecified atom stereocenters. The molecule has 1 aliphatic carbocycles. The number of rotatable bonds is 8. The van der Waals surface area contributed by atoms with E-state index >= 15 is 0 Å². The molecule has 0 aromatic heterocycles. The number of methoxy groups -OCH3 is 1. The van der Waals surface area contributed by atoms with Crippen molar-refractivity contribution in [2.75, 3.05) is 27.1 Å². The molecular weight excluding hydrogens is 232 g/mol. The minimum atomic E-state index is 0.249. The lowest BCUT2D eigenvalue weighted by atomic mass is 9.80. The molecule has 0 heterocycles. The fourth-order valence-electron chi connectivity index (χ4n) is 2.31. The van der Waals surface area contributed by atoms with E-state index in [4.69, 9.17) is 14.2 Å². The van der Waals surface area contributed by atoms with E-state index in [0.29, 0.717) is 31.7 Å². The van der Waals surface area contributed by atoms with E-state index in [1.54, 1.807) is 14.0 Å². The van der Waals surface area contributed by atoms with Crippen molar-refractivity contribution in [3.63, 3.8) is 0 Å². The van der Waals surface area contributed by atoms with Crippen LogP contribution in [0.2, 0.25) is 0 Å². The van der Waals surface area contributed by atoms with Crippen LogP contribution in [0.1, 0.15) is 32.6 Å². The summed E-state index contributed by atoms with van der Waals surface area (Å²) in [6.07, 6.45) is 3.93. The van der Waals surface area contributed by atoms with E-state index in [2.05, 4.69) is 6.58 Å². The second-order valence-corrected chi connectivity index (χ2v) is 4.79. The number of carbonyl (C=O) groups excluding carboxylic acids is 1. The minimum absolute atomic E-state index is 0.249. The lowest BCUT2D eigenvalue weighted by Crippen LogP contribution is -2.22. The summed E-state index contributed by atoms with van der Waals surface area (Å²) in [6.45, 7) is 6.97. The molecule has 0 aromatic carbocycles. The SMILES string of the molecule is C=C(OCCOCOC)C1CCC(C(C)=O)CC1. The van der Waals surface area contributed by atoms with Gasteiger partial charge in [0.2, 0.25) is 0 Å². The second-order valence-electron chi connectivity index (χ2n) is 4.79. The molecule has 0 atom stereocenters. The summed E-state index contributed by atoms with van der Waals surface area (Å²) in [5.74, 6) is 1.79. The van der Waals surface area contributed by atoms with Gasteiger partial charge in [-0.05, 0) is 32.6 Å². The third-order valence-corrected chi connectivity index (χ3v) is 3.47. The summed E-state index contributed by atoms with van der Waals surface area (Å²) in [5.41, 5.74) is 0. The fraction of sp³-hybridized carbons (Fsp3) is 0.786. The van der Waals surface area contributed by atoms with Gasteiger partial charge in [0.25, 0.3) is 0 Å². The second kappa shape index (κ2) is 8.27. The summed E-state index contributed by atoms with van der Waals surface area (Å²) in [6, 6.07) is 0. The third kappa shape index (κ3) is 5.19. The van der Waals surface area contributed by atoms with E-state index in [1.807, 2.05) is 0 Å². The Morgan fingerprint density at radius 3 is 2.33 bits per heavy atom. The Balaban J connectivity index is 2.14. The number of hydrogen-bond acceptors (Lipinski definition) is 4. The van der Waals surface area contributed by atoms with Crippen molar-refractivity contribution in [1.29, 1.82) is 0 Å². The molecule has 0 saturated heterocycles. The largest absolute Gasteiger partial charge is 0.496 e. The Morgan fingerprint density at radius 2 is 1.78 bits per heavy atom. The quantitative estimate of drug-likeness (QED) is 0.380. The van der Waals surface area contributed by atoms with E-state index in [-0.39, 0.29) is 5.92 Å². The number of hydrogen-bond donors (Lipinski definition) is 0. The van der Waals surface area contributed by atoms with Crippen molar-refractivity contribution in [3.05, 3.63) is 12.3 Å². The summed E-state index contributed by atoms with van der Waals surface area (Å²) in [4.78, 5) is 11.3. The van der Waals surface area contributed by atoms with Gasteiger partial charge in [-0.1, -0.05) is 6.58 Å². The predicted octanol–water partition coefficient (Wildman–Crippen LogP) is 2.53. The van der Waals surface area contributed by atoms with E-state index in [9.17, 15) is 4.79 Å². The molecule has 4 nitrogen and oxygen atoms in total. The number of ketones is 1. The van der Waals surface area contributed by atoms with Crippen molar-refractivity contribution < 1.29 is 19.0 Å². The van der Waals surface area contributed by atoms with Crippen LogP contribution in [0.15, 0.2) is 12.3 Å². The average molecular weight is 256 g/mol. The smallest absolute Gasteiger partial charge is 0.146 e. The Kier molecular flexibility index (Phi) is 6.98. The van der Waals surface area contributed by atoms with E-state index < -0.39 is 0 Å². The monoisotopic (exact) mass is 256 g/mol. The van der Waals surface area contributed by atoms with Crippen LogP contribution >= 0.6 is 0 Å². The maximum Gasteiger partial charge on any atom is 0.146 e. The van der Waals surface area contributed by atoms with Crippen LogP contribution in [0.25, 0.3) is 0 Å². The molecule has 0 aliphatic heterocycles. The predicted molar refractivity (Wildman–Crippen MR) is 69.0 cm³/mol. The molecular formula is C14H24O4. The lowest BCUT2D eigenvalue weighted by molar-refractivity contribution is -0.121. The van der Waals surface area contributed by atoms with Crippen molar-refractivity contribution in [2.24, 2.45) is 11.8 Å². The van der Waals surface area contributed by atoms with E-state index in [1.165, 1.54) is 0 Å². The third-order valence-electron chi connectivity index (χ3n) is 3.47. The van der Waals surface area contributed by atoms with Gasteiger partial charge >= 0.3 is 0 Å². The lowest BCUT2D eigenvalue weighted by Gasteiger charge is -2.28. The van der Waals surface area contributed by atoms with Gasteiger partial charge in [0.15, 0.2) is 0 Å². The Labute approximate surface area is 109 Å². The zero-order valence-corrected chi connectivity index (χ0v) is 11.4. The van der Waals surface area contributed by atoms with Gasteiger partial charge in [-0.3, -0.25) is 4.79 Å². The average Bonchev–Trinajstić information content (AvgIpc) is 2.38. The first kappa shape index (κ1) is 15.2. The molecule has 0 radical (unpaired) electrons. The van der Waals surface area contributed by atoms with Crippen molar-refractivity contribution in [3.8, 4) is 0 Å². The highest BCUT2D eigenvalue weighted by Gasteiger charge is 2.26. The number of Topliss-reactive ketones (excluding diaryl/α,β-unsaturated/α-hetero) is 1. The van der Waals surface area contributed by atoms with Crippen molar-refractivity contribution in [1.82, 2.24) is 0 Å². The normalized spacial score (nSPS) is 23.7. The first-order chi connectivity index (χ1) is 8.65. The molecule has 0 N–H and O–H groups in total. The first-order valence-electron chi connectivity index (χ1n) is 6.54. The van der Waals surface area contributed by atoms with Crippen molar-refractivity contribution >= 4 is 5.78 Å². The number of carbonyl (C=O) groups is 1. The van der Waals surface area contributed by atoms with Crippen LogP contribution < -0.4 is 0 Å². The topological polar surface area (TPSA) is 44.8 Å². The van der Waals surface area contributed by atoms with Gasteiger partial charge < -0.3 is 14.2 Å². The van der Waals surface area contributed by atoms with Crippen molar-refractivity contribution in [2.45, 2.75) is 32.6 Å². The van der Waals surface area contributed by atoms with Crippen LogP contribution in [0.4, 0.5) is 0 Å². The molecule has 1 fully saturated rings. The Morgan fingerprint density at radius 1 is 1.17 bits per heavy atom. The molecule has 1 aliphatic rings. The molecule has 18 heavy (non-hydrogen) atoms. The van der Waals surface area contributed by atoms with Crippen LogP contribution in [-0.2, 0) is 19.0 Å². The van der Waals surface area contributed by atoms with E-state index in [0.717, 1.165) is 31.4 Å². The molecule has 0 aromatic rings. The zero-order valence-electron chi connectivity index (χ0n) is 11.4. The van der Waals surface area contributed by atoms with Crippen LogP contribution in [0, 0.1) is 11.8 Å². The minimum Gasteiger partial charge on any atom is -0.496 e. The molecule has 4 heteroatoms. The summed E-state index contributed by atoms with van der Waals surface area (Å²) in [5, 5.41) is 0. The molecule has 104 valence electrons. The summed E-state index contributed by atoms with van der Waals surface area (Å²) in [7, 11) is 1.59. The molecule has 1 rings (SSSR count). The standard InChI is InChI=1S/C14H24O4/c1-11(15)13-4-6-14(7-5-13)12(2)18-9-8-17-10-16-3/h13-14H,2,4-10H2,1,3H3. The highest BCUT2D eigenvalue weighted by atomic mass is 16.7. The van der Waals surface area contributed by atoms with Crippen LogP contribution in [-0.4, -0.2) is 32.9 Å². The maximum absolute atomic E-state index is 11.3. The van der Waals surface area contributed by atoms with Crippen LogP contribution in [0.3, 0.4) is 0 Å². The molecule has 1 saturated carbocycles. The van der Waals surface area contributed by atoms with Gasteiger partial charge in [0.1, 0.15) is 19.2 Å². The molecule has 0 amide bonds. The highest BCUT2D eigenvalue weighted by molar-refractivity contribution is 5.78. The Hall–Kier alpha value is -0.870. The van der Waals surface area contributed by atoms with Gasteiger partial charge in [-0.15, -0.1) is 0 Å². The number of allylic oxidation sites excluding steroid dienone is 1.